The first-order chi connectivity index (χ1) is 13.3. The Morgan fingerprint density at radius 2 is 1.93 bits per heavy atom. The number of aryl methyl sites for hydroxylation is 1. The van der Waals surface area contributed by atoms with Gasteiger partial charge in [-0.2, -0.15) is 0 Å². The topological polar surface area (TPSA) is 121 Å². The summed E-state index contributed by atoms with van der Waals surface area (Å²) >= 11 is 0. The van der Waals surface area contributed by atoms with Crippen LogP contribution in [0.1, 0.15) is 21.7 Å². The molecule has 0 aliphatic carbocycles. The molecule has 0 saturated carbocycles. The van der Waals surface area contributed by atoms with Crippen LogP contribution in [0, 0.1) is 12.3 Å². The van der Waals surface area contributed by atoms with Crippen LogP contribution in [0.2, 0.25) is 0 Å². The molecule has 0 atom stereocenters. The van der Waals surface area contributed by atoms with E-state index in [4.69, 9.17) is 11.1 Å². The minimum atomic E-state index is -2.84. The molecule has 0 saturated heterocycles. The molecule has 4 N–H and O–H groups in total. The van der Waals surface area contributed by atoms with E-state index < -0.39 is 18.0 Å². The standard InChI is InChI=1S/C19H16F2N6O/c1-10-4-11(6-12(5-10)19(23)28)14-7-15(26-9-25-14)16-8-24-17(27-16)3-2-13(22)18(20)21/h2-9,18,22H,1H3,(H2,23,28)(H,24,27)/b3-2-,22-13?. The molecule has 3 rings (SSSR count). The monoisotopic (exact) mass is 382 g/mol. The quantitative estimate of drug-likeness (QED) is 0.567. The van der Waals surface area contributed by atoms with E-state index in [1.54, 1.807) is 18.2 Å². The van der Waals surface area contributed by atoms with E-state index in [-0.39, 0.29) is 0 Å². The van der Waals surface area contributed by atoms with Crippen LogP contribution in [0.15, 0.2) is 42.9 Å². The van der Waals surface area contributed by atoms with Gasteiger partial charge in [0.05, 0.1) is 29.0 Å². The van der Waals surface area contributed by atoms with Crippen LogP contribution in [-0.4, -0.2) is 38.0 Å². The lowest BCUT2D eigenvalue weighted by Crippen LogP contribution is -2.11. The average molecular weight is 382 g/mol. The summed E-state index contributed by atoms with van der Waals surface area (Å²) in [5.41, 5.74) is 8.19. The van der Waals surface area contributed by atoms with E-state index in [9.17, 15) is 13.6 Å². The molecular formula is C19H16F2N6O. The molecule has 2 heterocycles. The highest BCUT2D eigenvalue weighted by atomic mass is 19.3. The van der Waals surface area contributed by atoms with Gasteiger partial charge in [0.2, 0.25) is 5.91 Å². The van der Waals surface area contributed by atoms with E-state index in [0.717, 1.165) is 11.6 Å². The third-order valence-corrected chi connectivity index (χ3v) is 3.85. The Morgan fingerprint density at radius 1 is 1.18 bits per heavy atom. The number of aromatic nitrogens is 4. The van der Waals surface area contributed by atoms with Crippen LogP contribution in [-0.2, 0) is 0 Å². The fraction of sp³-hybridized carbons (Fsp3) is 0.105. The summed E-state index contributed by atoms with van der Waals surface area (Å²) in [5, 5.41) is 7.12. The van der Waals surface area contributed by atoms with Crippen molar-refractivity contribution in [3.05, 3.63) is 59.8 Å². The number of aromatic amines is 1. The Balaban J connectivity index is 1.91. The van der Waals surface area contributed by atoms with Crippen LogP contribution in [0.3, 0.4) is 0 Å². The third-order valence-electron chi connectivity index (χ3n) is 3.85. The van der Waals surface area contributed by atoms with Crippen molar-refractivity contribution in [2.45, 2.75) is 13.3 Å². The molecule has 0 aliphatic rings. The van der Waals surface area contributed by atoms with Crippen molar-refractivity contribution in [2.24, 2.45) is 5.73 Å². The predicted molar refractivity (Wildman–Crippen MR) is 101 cm³/mol. The molecule has 28 heavy (non-hydrogen) atoms. The number of carbonyl (C=O) groups excluding carboxylic acids is 1. The van der Waals surface area contributed by atoms with Crippen molar-refractivity contribution in [2.75, 3.05) is 0 Å². The SMILES string of the molecule is Cc1cc(C(N)=O)cc(-c2cc(-c3cnc(/C=C\C(=N)C(F)F)[nH]3)ncn2)c1. The van der Waals surface area contributed by atoms with Gasteiger partial charge in [0.25, 0.3) is 6.43 Å². The van der Waals surface area contributed by atoms with E-state index in [1.165, 1.54) is 18.6 Å². The Kier molecular flexibility index (Phi) is 5.35. The van der Waals surface area contributed by atoms with Gasteiger partial charge in [0.1, 0.15) is 12.2 Å². The van der Waals surface area contributed by atoms with Crippen molar-refractivity contribution in [3.8, 4) is 22.6 Å². The number of imidazole rings is 1. The first kappa shape index (κ1) is 19.0. The van der Waals surface area contributed by atoms with Crippen molar-refractivity contribution < 1.29 is 13.6 Å². The number of hydrogen-bond acceptors (Lipinski definition) is 5. The van der Waals surface area contributed by atoms with Gasteiger partial charge in [-0.15, -0.1) is 0 Å². The van der Waals surface area contributed by atoms with E-state index in [1.807, 2.05) is 13.0 Å². The number of hydrogen-bond donors (Lipinski definition) is 3. The number of nitrogens with one attached hydrogen (secondary N) is 2. The number of rotatable bonds is 6. The summed E-state index contributed by atoms with van der Waals surface area (Å²) in [5.74, 6) is -0.217. The van der Waals surface area contributed by atoms with Crippen LogP contribution in [0.5, 0.6) is 0 Å². The number of amides is 1. The molecule has 7 nitrogen and oxygen atoms in total. The molecule has 1 amide bonds. The maximum Gasteiger partial charge on any atom is 0.279 e. The number of allylic oxidation sites excluding steroid dienone is 1. The van der Waals surface area contributed by atoms with Crippen LogP contribution in [0.4, 0.5) is 8.78 Å². The normalized spacial score (nSPS) is 11.3. The van der Waals surface area contributed by atoms with E-state index >= 15 is 0 Å². The summed E-state index contributed by atoms with van der Waals surface area (Å²) in [6, 6.07) is 6.92. The Hall–Kier alpha value is -3.75. The third kappa shape index (κ3) is 4.32. The van der Waals surface area contributed by atoms with Crippen LogP contribution >= 0.6 is 0 Å². The number of H-pyrrole nitrogens is 1. The largest absolute Gasteiger partial charge is 0.366 e. The predicted octanol–water partition coefficient (Wildman–Crippen LogP) is 3.24. The molecule has 0 radical (unpaired) electrons. The number of alkyl halides is 2. The molecule has 0 bridgehead atoms. The second-order valence-corrected chi connectivity index (χ2v) is 6.01. The number of benzene rings is 1. The van der Waals surface area contributed by atoms with Gasteiger partial charge in [-0.25, -0.2) is 23.7 Å². The molecule has 0 spiro atoms. The maximum atomic E-state index is 12.4. The summed E-state index contributed by atoms with van der Waals surface area (Å²) in [6.45, 7) is 1.85. The lowest BCUT2D eigenvalue weighted by Gasteiger charge is -2.06. The van der Waals surface area contributed by atoms with Crippen molar-refractivity contribution in [3.63, 3.8) is 0 Å². The van der Waals surface area contributed by atoms with Crippen molar-refractivity contribution in [1.29, 1.82) is 5.41 Å². The zero-order chi connectivity index (χ0) is 20.3. The van der Waals surface area contributed by atoms with E-state index in [0.29, 0.717) is 34.0 Å². The highest BCUT2D eigenvalue weighted by molar-refractivity contribution is 5.97. The van der Waals surface area contributed by atoms with Gasteiger partial charge < -0.3 is 10.7 Å². The molecule has 0 unspecified atom stereocenters. The molecule has 0 aliphatic heterocycles. The Morgan fingerprint density at radius 3 is 2.64 bits per heavy atom. The van der Waals surface area contributed by atoms with E-state index in [2.05, 4.69) is 19.9 Å². The van der Waals surface area contributed by atoms with Gasteiger partial charge in [-0.3, -0.25) is 10.2 Å². The smallest absolute Gasteiger partial charge is 0.279 e. The summed E-state index contributed by atoms with van der Waals surface area (Å²) in [7, 11) is 0. The summed E-state index contributed by atoms with van der Waals surface area (Å²) in [4.78, 5) is 26.9. The number of carbonyl (C=O) groups is 1. The highest BCUT2D eigenvalue weighted by Gasteiger charge is 2.10. The van der Waals surface area contributed by atoms with Crippen LogP contribution in [0.25, 0.3) is 28.7 Å². The van der Waals surface area contributed by atoms with Gasteiger partial charge in [0.15, 0.2) is 0 Å². The Labute approximate surface area is 158 Å². The number of nitrogens with zero attached hydrogens (tertiary/aromatic N) is 3. The second-order valence-electron chi connectivity index (χ2n) is 6.01. The zero-order valence-corrected chi connectivity index (χ0v) is 14.8. The Bertz CT molecular complexity index is 1070. The molecule has 3 aromatic rings. The van der Waals surface area contributed by atoms with Gasteiger partial charge in [-0.05, 0) is 48.9 Å². The molecular weight excluding hydrogens is 366 g/mol. The zero-order valence-electron chi connectivity index (χ0n) is 14.8. The first-order valence-corrected chi connectivity index (χ1v) is 8.17. The van der Waals surface area contributed by atoms with Gasteiger partial charge in [0, 0.05) is 11.1 Å². The number of halogens is 2. The number of primary amides is 1. The average Bonchev–Trinajstić information content (AvgIpc) is 3.14. The first-order valence-electron chi connectivity index (χ1n) is 8.17. The molecule has 9 heteroatoms. The fourth-order valence-electron chi connectivity index (χ4n) is 2.53. The van der Waals surface area contributed by atoms with Crippen molar-refractivity contribution >= 4 is 17.7 Å². The van der Waals surface area contributed by atoms with Crippen molar-refractivity contribution in [1.82, 2.24) is 19.9 Å². The lowest BCUT2D eigenvalue weighted by atomic mass is 10.0. The minimum absolute atomic E-state index is 0.312. The fourth-order valence-corrected chi connectivity index (χ4v) is 2.53. The van der Waals surface area contributed by atoms with Gasteiger partial charge in [-0.1, -0.05) is 0 Å². The molecule has 2 aromatic heterocycles. The van der Waals surface area contributed by atoms with Crippen LogP contribution < -0.4 is 5.73 Å². The lowest BCUT2D eigenvalue weighted by molar-refractivity contribution is 0.1000. The second kappa shape index (κ2) is 7.87. The summed E-state index contributed by atoms with van der Waals surface area (Å²) < 4.78 is 24.7. The molecule has 1 aromatic carbocycles. The summed E-state index contributed by atoms with van der Waals surface area (Å²) in [6.07, 6.45) is 2.31. The molecule has 0 fully saturated rings. The highest BCUT2D eigenvalue weighted by Crippen LogP contribution is 2.24. The maximum absolute atomic E-state index is 12.4. The molecule has 142 valence electrons. The van der Waals surface area contributed by atoms with Gasteiger partial charge >= 0.3 is 0 Å². The number of nitrogens with two attached hydrogens (primary N) is 1. The minimum Gasteiger partial charge on any atom is -0.366 e.